The van der Waals surface area contributed by atoms with Crippen LogP contribution in [0.25, 0.3) is 0 Å². The fourth-order valence-corrected chi connectivity index (χ4v) is 3.88. The lowest BCUT2D eigenvalue weighted by atomic mass is 9.97. The van der Waals surface area contributed by atoms with E-state index < -0.39 is 11.4 Å². The van der Waals surface area contributed by atoms with Crippen LogP contribution in [-0.2, 0) is 9.47 Å². The Morgan fingerprint density at radius 2 is 2.07 bits per heavy atom. The van der Waals surface area contributed by atoms with Crippen LogP contribution in [0.4, 0.5) is 9.18 Å². The zero-order valence-corrected chi connectivity index (χ0v) is 17.0. The topological polar surface area (TPSA) is 65.8 Å². The van der Waals surface area contributed by atoms with E-state index >= 15 is 0 Å². The summed E-state index contributed by atoms with van der Waals surface area (Å²) in [4.78, 5) is 16.5. The van der Waals surface area contributed by atoms with Gasteiger partial charge in [0, 0.05) is 38.8 Å². The Bertz CT molecular complexity index is 784. The molecule has 0 bridgehead atoms. The molecule has 152 valence electrons. The second-order valence-electron chi connectivity index (χ2n) is 8.47. The van der Waals surface area contributed by atoms with Crippen molar-refractivity contribution in [3.63, 3.8) is 0 Å². The summed E-state index contributed by atoms with van der Waals surface area (Å²) in [6, 6.07) is 5.20. The lowest BCUT2D eigenvalue weighted by molar-refractivity contribution is 0.00193. The first-order valence-electron chi connectivity index (χ1n) is 9.72. The maximum Gasteiger partial charge on any atom is 0.410 e. The van der Waals surface area contributed by atoms with Crippen molar-refractivity contribution < 1.29 is 18.7 Å². The first-order chi connectivity index (χ1) is 13.2. The van der Waals surface area contributed by atoms with Crippen molar-refractivity contribution in [1.82, 2.24) is 9.80 Å². The number of carbonyl (C=O) groups is 1. The number of nitriles is 1. The average molecular weight is 389 g/mol. The van der Waals surface area contributed by atoms with E-state index in [1.165, 1.54) is 6.07 Å². The number of hydrogen-bond donors (Lipinski definition) is 0. The molecule has 2 saturated heterocycles. The maximum atomic E-state index is 13.9. The predicted molar refractivity (Wildman–Crippen MR) is 102 cm³/mol. The molecule has 0 spiro atoms. The second kappa shape index (κ2) is 8.06. The number of piperazine rings is 1. The van der Waals surface area contributed by atoms with Crippen LogP contribution in [0.2, 0.25) is 0 Å². The number of nitrogens with zero attached hydrogens (tertiary/aromatic N) is 3. The Labute approximate surface area is 165 Å². The molecule has 6 nitrogen and oxygen atoms in total. The number of fused-ring (bicyclic) bond motifs is 1. The molecular formula is C21H28FN3O3. The molecule has 28 heavy (non-hydrogen) atoms. The third-order valence-electron chi connectivity index (χ3n) is 5.34. The molecule has 0 N–H and O–H groups in total. The molecule has 1 aromatic rings. The minimum absolute atomic E-state index is 0.0802. The number of amides is 1. The van der Waals surface area contributed by atoms with E-state index in [0.29, 0.717) is 31.8 Å². The molecular weight excluding hydrogens is 361 g/mol. The lowest BCUT2D eigenvalue weighted by Gasteiger charge is -2.41. The van der Waals surface area contributed by atoms with Crippen LogP contribution >= 0.6 is 0 Å². The summed E-state index contributed by atoms with van der Waals surface area (Å²) in [5, 5.41) is 9.24. The van der Waals surface area contributed by atoms with E-state index in [0.717, 1.165) is 18.5 Å². The summed E-state index contributed by atoms with van der Waals surface area (Å²) in [5.41, 5.74) is 1.06. The minimum atomic E-state index is -0.509. The van der Waals surface area contributed by atoms with Crippen molar-refractivity contribution in [1.29, 1.82) is 5.26 Å². The van der Waals surface area contributed by atoms with Crippen LogP contribution in [0.3, 0.4) is 0 Å². The van der Waals surface area contributed by atoms with Crippen molar-refractivity contribution in [3.05, 3.63) is 34.6 Å². The van der Waals surface area contributed by atoms with Crippen LogP contribution in [0, 0.1) is 24.1 Å². The van der Waals surface area contributed by atoms with Gasteiger partial charge in [0.05, 0.1) is 11.7 Å². The molecule has 2 atom stereocenters. The zero-order valence-electron chi connectivity index (χ0n) is 17.0. The fourth-order valence-electron chi connectivity index (χ4n) is 3.88. The molecule has 3 rings (SSSR count). The molecule has 1 aromatic carbocycles. The fraction of sp³-hybridized carbons (Fsp3) is 0.619. The van der Waals surface area contributed by atoms with E-state index in [1.54, 1.807) is 17.9 Å². The molecule has 2 aliphatic rings. The largest absolute Gasteiger partial charge is 0.444 e. The highest BCUT2D eigenvalue weighted by Crippen LogP contribution is 2.30. The van der Waals surface area contributed by atoms with Crippen LogP contribution in [-0.4, -0.2) is 60.3 Å². The summed E-state index contributed by atoms with van der Waals surface area (Å²) in [6.07, 6.45) is 0.314. The Hall–Kier alpha value is -2.17. The molecule has 0 unspecified atom stereocenters. The number of hydrogen-bond acceptors (Lipinski definition) is 5. The molecule has 2 aliphatic heterocycles. The smallest absolute Gasteiger partial charge is 0.410 e. The SMILES string of the molecule is Cc1c([C@H]2CN3CCN(C(=O)OC(C)(C)C)C[C@H]3CCO2)ccc(F)c1C#N. The maximum absolute atomic E-state index is 13.9. The van der Waals surface area contributed by atoms with Gasteiger partial charge in [-0.05, 0) is 51.3 Å². The third kappa shape index (κ3) is 4.45. The zero-order chi connectivity index (χ0) is 20.5. The lowest BCUT2D eigenvalue weighted by Crippen LogP contribution is -2.55. The summed E-state index contributed by atoms with van der Waals surface area (Å²) in [7, 11) is 0. The molecule has 7 heteroatoms. The molecule has 0 radical (unpaired) electrons. The van der Waals surface area contributed by atoms with Crippen molar-refractivity contribution in [2.24, 2.45) is 0 Å². The Balaban J connectivity index is 1.71. The van der Waals surface area contributed by atoms with Gasteiger partial charge in [-0.25, -0.2) is 9.18 Å². The van der Waals surface area contributed by atoms with Gasteiger partial charge in [0.1, 0.15) is 17.5 Å². The molecule has 0 aliphatic carbocycles. The Morgan fingerprint density at radius 3 is 2.75 bits per heavy atom. The third-order valence-corrected chi connectivity index (χ3v) is 5.34. The Morgan fingerprint density at radius 1 is 1.32 bits per heavy atom. The van der Waals surface area contributed by atoms with Crippen LogP contribution in [0.5, 0.6) is 0 Å². The highest BCUT2D eigenvalue weighted by atomic mass is 19.1. The van der Waals surface area contributed by atoms with E-state index in [1.807, 2.05) is 26.8 Å². The van der Waals surface area contributed by atoms with Gasteiger partial charge in [0.15, 0.2) is 0 Å². The minimum Gasteiger partial charge on any atom is -0.444 e. The van der Waals surface area contributed by atoms with Crippen molar-refractivity contribution in [3.8, 4) is 6.07 Å². The second-order valence-corrected chi connectivity index (χ2v) is 8.47. The number of benzene rings is 1. The van der Waals surface area contributed by atoms with Crippen LogP contribution in [0.1, 0.15) is 50.0 Å². The first kappa shape index (κ1) is 20.6. The number of ether oxygens (including phenoxy) is 2. The van der Waals surface area contributed by atoms with Crippen LogP contribution < -0.4 is 0 Å². The van der Waals surface area contributed by atoms with E-state index in [-0.39, 0.29) is 23.8 Å². The van der Waals surface area contributed by atoms with Gasteiger partial charge in [-0.3, -0.25) is 4.90 Å². The van der Waals surface area contributed by atoms with Crippen molar-refractivity contribution >= 4 is 6.09 Å². The standard InChI is InChI=1S/C21H28FN3O3/c1-14-16(5-6-18(22)17(14)11-23)19-13-24-8-9-25(12-15(24)7-10-27-19)20(26)28-21(2,3)4/h5-6,15,19H,7-10,12-13H2,1-4H3/t15-,19-/m1/s1. The highest BCUT2D eigenvalue weighted by Gasteiger charge is 2.35. The van der Waals surface area contributed by atoms with Gasteiger partial charge < -0.3 is 14.4 Å². The average Bonchev–Trinajstić information content (AvgIpc) is 2.82. The summed E-state index contributed by atoms with van der Waals surface area (Å²) in [5.74, 6) is -0.499. The van der Waals surface area contributed by atoms with E-state index in [9.17, 15) is 14.4 Å². The molecule has 2 heterocycles. The molecule has 0 aromatic heterocycles. The monoisotopic (exact) mass is 389 g/mol. The summed E-state index contributed by atoms with van der Waals surface area (Å²) >= 11 is 0. The number of halogens is 1. The van der Waals surface area contributed by atoms with Gasteiger partial charge in [0.25, 0.3) is 0 Å². The molecule has 1 amide bonds. The number of rotatable bonds is 1. The van der Waals surface area contributed by atoms with Crippen molar-refractivity contribution in [2.45, 2.75) is 51.9 Å². The van der Waals surface area contributed by atoms with Crippen LogP contribution in [0.15, 0.2) is 12.1 Å². The molecule has 0 saturated carbocycles. The summed E-state index contributed by atoms with van der Waals surface area (Å²) < 4.78 is 25.4. The van der Waals surface area contributed by atoms with Gasteiger partial charge in [-0.1, -0.05) is 6.07 Å². The normalized spacial score (nSPS) is 23.5. The van der Waals surface area contributed by atoms with E-state index in [4.69, 9.17) is 9.47 Å². The highest BCUT2D eigenvalue weighted by molar-refractivity contribution is 5.68. The van der Waals surface area contributed by atoms with Gasteiger partial charge in [0.2, 0.25) is 0 Å². The first-order valence-corrected chi connectivity index (χ1v) is 9.72. The summed E-state index contributed by atoms with van der Waals surface area (Å²) in [6.45, 7) is 10.5. The van der Waals surface area contributed by atoms with Gasteiger partial charge >= 0.3 is 6.09 Å². The van der Waals surface area contributed by atoms with Crippen molar-refractivity contribution in [2.75, 3.05) is 32.8 Å². The quantitative estimate of drug-likeness (QED) is 0.737. The van der Waals surface area contributed by atoms with Gasteiger partial charge in [-0.15, -0.1) is 0 Å². The van der Waals surface area contributed by atoms with Gasteiger partial charge in [-0.2, -0.15) is 5.26 Å². The Kier molecular flexibility index (Phi) is 5.92. The predicted octanol–water partition coefficient (Wildman–Crippen LogP) is 3.39. The number of carbonyl (C=O) groups excluding carboxylic acids is 1. The van der Waals surface area contributed by atoms with E-state index in [2.05, 4.69) is 4.90 Å². The molecule has 2 fully saturated rings.